The van der Waals surface area contributed by atoms with Gasteiger partial charge in [-0.25, -0.2) is 0 Å². The van der Waals surface area contributed by atoms with E-state index < -0.39 is 0 Å². The number of morpholine rings is 1. The molecule has 0 radical (unpaired) electrons. The first-order valence-electron chi connectivity index (χ1n) is 7.23. The van der Waals surface area contributed by atoms with Crippen molar-refractivity contribution in [1.82, 2.24) is 4.90 Å². The van der Waals surface area contributed by atoms with Gasteiger partial charge in [0, 0.05) is 19.1 Å². The highest BCUT2D eigenvalue weighted by atomic mass is 16.5. The predicted molar refractivity (Wildman–Crippen MR) is 67.7 cm³/mol. The molecule has 1 aliphatic heterocycles. The first-order valence-corrected chi connectivity index (χ1v) is 7.23. The second-order valence-electron chi connectivity index (χ2n) is 5.40. The van der Waals surface area contributed by atoms with Crippen LogP contribution in [0.2, 0.25) is 0 Å². The van der Waals surface area contributed by atoms with E-state index in [1.165, 1.54) is 58.0 Å². The topological polar surface area (TPSA) is 12.5 Å². The molecule has 0 aromatic carbocycles. The molecule has 94 valence electrons. The lowest BCUT2D eigenvalue weighted by Gasteiger charge is -2.41. The van der Waals surface area contributed by atoms with E-state index in [9.17, 15) is 0 Å². The number of unbranched alkanes of at least 4 members (excludes halogenated alkanes) is 1. The van der Waals surface area contributed by atoms with E-state index in [1.54, 1.807) is 0 Å². The average Bonchev–Trinajstić information content (AvgIpc) is 2.38. The Morgan fingerprint density at radius 2 is 1.88 bits per heavy atom. The lowest BCUT2D eigenvalue weighted by molar-refractivity contribution is -0.00884. The zero-order valence-corrected chi connectivity index (χ0v) is 10.8. The quantitative estimate of drug-likeness (QED) is 0.729. The highest BCUT2D eigenvalue weighted by Crippen LogP contribution is 2.32. The minimum absolute atomic E-state index is 0.879. The summed E-state index contributed by atoms with van der Waals surface area (Å²) < 4.78 is 5.47. The van der Waals surface area contributed by atoms with Crippen molar-refractivity contribution in [3.63, 3.8) is 0 Å². The van der Waals surface area contributed by atoms with Crippen LogP contribution in [-0.2, 0) is 4.74 Å². The van der Waals surface area contributed by atoms with E-state index >= 15 is 0 Å². The minimum Gasteiger partial charge on any atom is -0.379 e. The Kier molecular flexibility index (Phi) is 5.11. The molecule has 16 heavy (non-hydrogen) atoms. The lowest BCUT2D eigenvalue weighted by atomic mass is 9.80. The van der Waals surface area contributed by atoms with Gasteiger partial charge in [-0.3, -0.25) is 4.90 Å². The third-order valence-electron chi connectivity index (χ3n) is 4.31. The van der Waals surface area contributed by atoms with Crippen LogP contribution >= 0.6 is 0 Å². The summed E-state index contributed by atoms with van der Waals surface area (Å²) in [4.78, 5) is 2.71. The molecule has 2 aliphatic rings. The molecule has 0 aromatic rings. The number of hydrogen-bond acceptors (Lipinski definition) is 2. The first kappa shape index (κ1) is 12.4. The molecule has 1 saturated carbocycles. The van der Waals surface area contributed by atoms with Gasteiger partial charge in [0.05, 0.1) is 13.2 Å². The van der Waals surface area contributed by atoms with Crippen molar-refractivity contribution in [3.8, 4) is 0 Å². The molecular formula is C14H27NO. The summed E-state index contributed by atoms with van der Waals surface area (Å²) >= 11 is 0. The van der Waals surface area contributed by atoms with Gasteiger partial charge >= 0.3 is 0 Å². The molecule has 2 atom stereocenters. The van der Waals surface area contributed by atoms with E-state index in [0.29, 0.717) is 0 Å². The van der Waals surface area contributed by atoms with Gasteiger partial charge in [0.1, 0.15) is 0 Å². The Balaban J connectivity index is 1.86. The van der Waals surface area contributed by atoms with Gasteiger partial charge in [-0.1, -0.05) is 32.6 Å². The monoisotopic (exact) mass is 225 g/mol. The van der Waals surface area contributed by atoms with E-state index in [4.69, 9.17) is 4.74 Å². The summed E-state index contributed by atoms with van der Waals surface area (Å²) in [7, 11) is 0. The van der Waals surface area contributed by atoms with E-state index in [2.05, 4.69) is 11.8 Å². The van der Waals surface area contributed by atoms with E-state index in [0.717, 1.165) is 25.2 Å². The zero-order chi connectivity index (χ0) is 11.2. The maximum Gasteiger partial charge on any atom is 0.0594 e. The van der Waals surface area contributed by atoms with Crippen LogP contribution in [0.5, 0.6) is 0 Å². The molecule has 0 bridgehead atoms. The summed E-state index contributed by atoms with van der Waals surface area (Å²) in [5.41, 5.74) is 0. The van der Waals surface area contributed by atoms with Crippen LogP contribution in [0, 0.1) is 5.92 Å². The van der Waals surface area contributed by atoms with Crippen LogP contribution < -0.4 is 0 Å². The van der Waals surface area contributed by atoms with E-state index in [-0.39, 0.29) is 0 Å². The third kappa shape index (κ3) is 3.21. The van der Waals surface area contributed by atoms with Gasteiger partial charge in [-0.2, -0.15) is 0 Å². The number of ether oxygens (including phenoxy) is 1. The van der Waals surface area contributed by atoms with Crippen LogP contribution in [-0.4, -0.2) is 37.2 Å². The fourth-order valence-electron chi connectivity index (χ4n) is 3.38. The normalized spacial score (nSPS) is 32.8. The maximum absolute atomic E-state index is 5.47. The Bertz CT molecular complexity index is 189. The molecule has 2 nitrogen and oxygen atoms in total. The molecule has 2 fully saturated rings. The Morgan fingerprint density at radius 3 is 2.62 bits per heavy atom. The minimum atomic E-state index is 0.879. The Labute approximate surface area is 100 Å². The maximum atomic E-state index is 5.47. The third-order valence-corrected chi connectivity index (χ3v) is 4.31. The Hall–Kier alpha value is -0.0800. The van der Waals surface area contributed by atoms with Gasteiger partial charge in [0.25, 0.3) is 0 Å². The largest absolute Gasteiger partial charge is 0.379 e. The molecule has 2 unspecified atom stereocenters. The van der Waals surface area contributed by atoms with Crippen molar-refractivity contribution >= 4 is 0 Å². The number of nitrogens with zero attached hydrogens (tertiary/aromatic N) is 1. The molecule has 0 aromatic heterocycles. The smallest absolute Gasteiger partial charge is 0.0594 e. The summed E-state index contributed by atoms with van der Waals surface area (Å²) in [6.45, 7) is 6.57. The van der Waals surface area contributed by atoms with Crippen molar-refractivity contribution in [2.24, 2.45) is 5.92 Å². The summed E-state index contributed by atoms with van der Waals surface area (Å²) in [6.07, 6.45) is 10.1. The standard InChI is InChI=1S/C14H27NO/c1-2-3-6-13-7-4-5-8-14(13)15-9-11-16-12-10-15/h13-14H,2-12H2,1H3. The molecule has 0 N–H and O–H groups in total. The number of hydrogen-bond donors (Lipinski definition) is 0. The molecule has 0 spiro atoms. The molecule has 1 heterocycles. The van der Waals surface area contributed by atoms with Gasteiger partial charge in [-0.15, -0.1) is 0 Å². The van der Waals surface area contributed by atoms with Crippen LogP contribution in [0.1, 0.15) is 51.9 Å². The predicted octanol–water partition coefficient (Wildman–Crippen LogP) is 3.07. The highest BCUT2D eigenvalue weighted by Gasteiger charge is 2.30. The summed E-state index contributed by atoms with van der Waals surface area (Å²) in [5, 5.41) is 0. The molecule has 1 aliphatic carbocycles. The highest BCUT2D eigenvalue weighted by molar-refractivity contribution is 4.84. The Morgan fingerprint density at radius 1 is 1.12 bits per heavy atom. The molecular weight excluding hydrogens is 198 g/mol. The first-order chi connectivity index (χ1) is 7.92. The lowest BCUT2D eigenvalue weighted by Crippen LogP contribution is -2.48. The number of rotatable bonds is 4. The van der Waals surface area contributed by atoms with Crippen molar-refractivity contribution in [1.29, 1.82) is 0 Å². The second kappa shape index (κ2) is 6.61. The summed E-state index contributed by atoms with van der Waals surface area (Å²) in [6, 6.07) is 0.879. The molecule has 1 saturated heterocycles. The van der Waals surface area contributed by atoms with Gasteiger partial charge in [-0.05, 0) is 25.2 Å². The van der Waals surface area contributed by atoms with Crippen LogP contribution in [0.4, 0.5) is 0 Å². The van der Waals surface area contributed by atoms with Gasteiger partial charge in [0.15, 0.2) is 0 Å². The van der Waals surface area contributed by atoms with Crippen molar-refractivity contribution < 1.29 is 4.74 Å². The summed E-state index contributed by atoms with van der Waals surface area (Å²) in [5.74, 6) is 0.979. The van der Waals surface area contributed by atoms with Crippen LogP contribution in [0.15, 0.2) is 0 Å². The van der Waals surface area contributed by atoms with Gasteiger partial charge in [0.2, 0.25) is 0 Å². The second-order valence-corrected chi connectivity index (χ2v) is 5.40. The fourth-order valence-corrected chi connectivity index (χ4v) is 3.38. The van der Waals surface area contributed by atoms with E-state index in [1.807, 2.05) is 0 Å². The van der Waals surface area contributed by atoms with Crippen molar-refractivity contribution in [2.45, 2.75) is 57.9 Å². The molecule has 2 heteroatoms. The zero-order valence-electron chi connectivity index (χ0n) is 10.8. The molecule has 2 rings (SSSR count). The molecule has 0 amide bonds. The van der Waals surface area contributed by atoms with Crippen molar-refractivity contribution in [3.05, 3.63) is 0 Å². The average molecular weight is 225 g/mol. The SMILES string of the molecule is CCCCC1CCCCC1N1CCOCC1. The van der Waals surface area contributed by atoms with Crippen LogP contribution in [0.25, 0.3) is 0 Å². The van der Waals surface area contributed by atoms with Gasteiger partial charge < -0.3 is 4.74 Å². The van der Waals surface area contributed by atoms with Crippen LogP contribution in [0.3, 0.4) is 0 Å². The fraction of sp³-hybridized carbons (Fsp3) is 1.00. The van der Waals surface area contributed by atoms with Crippen molar-refractivity contribution in [2.75, 3.05) is 26.3 Å².